The molecule has 0 aliphatic heterocycles. The Morgan fingerprint density at radius 2 is 1.50 bits per heavy atom. The molecule has 99 valence electrons. The highest BCUT2D eigenvalue weighted by atomic mass is 14.8. The fourth-order valence-corrected chi connectivity index (χ4v) is 2.17. The van der Waals surface area contributed by atoms with Gasteiger partial charge < -0.3 is 0 Å². The van der Waals surface area contributed by atoms with Gasteiger partial charge in [0.1, 0.15) is 6.20 Å². The molecule has 0 fully saturated rings. The van der Waals surface area contributed by atoms with E-state index >= 15 is 0 Å². The molecule has 0 N–H and O–H groups in total. The molecular formula is C18H17N2. The minimum absolute atomic E-state index is 0.164. The maximum absolute atomic E-state index is 4.62. The van der Waals surface area contributed by atoms with Gasteiger partial charge in [0.2, 0.25) is 0 Å². The molecule has 3 aromatic rings. The number of rotatable bonds is 1. The van der Waals surface area contributed by atoms with Crippen LogP contribution in [0.2, 0.25) is 0 Å². The summed E-state index contributed by atoms with van der Waals surface area (Å²) in [7, 11) is 0. The lowest BCUT2D eigenvalue weighted by molar-refractivity contribution is 0.590. The fourth-order valence-electron chi connectivity index (χ4n) is 2.17. The van der Waals surface area contributed by atoms with Gasteiger partial charge in [-0.1, -0.05) is 57.2 Å². The smallest absolute Gasteiger partial charge is 0.118 e. The summed E-state index contributed by atoms with van der Waals surface area (Å²) in [5, 5.41) is 0. The largest absolute Gasteiger partial charge is 0.244 e. The molecule has 0 aliphatic carbocycles. The van der Waals surface area contributed by atoms with E-state index in [-0.39, 0.29) is 5.41 Å². The van der Waals surface area contributed by atoms with Crippen molar-refractivity contribution in [1.29, 1.82) is 0 Å². The zero-order valence-electron chi connectivity index (χ0n) is 12.0. The fraction of sp³-hybridized carbons (Fsp3) is 0.222. The van der Waals surface area contributed by atoms with Crippen LogP contribution < -0.4 is 0 Å². The maximum atomic E-state index is 4.62. The Morgan fingerprint density at radius 1 is 0.850 bits per heavy atom. The van der Waals surface area contributed by atoms with Crippen molar-refractivity contribution in [3.63, 3.8) is 0 Å². The van der Waals surface area contributed by atoms with Crippen LogP contribution in [0.1, 0.15) is 26.3 Å². The van der Waals surface area contributed by atoms with Crippen LogP contribution >= 0.6 is 0 Å². The quantitative estimate of drug-likeness (QED) is 0.649. The first-order valence-corrected chi connectivity index (χ1v) is 6.79. The predicted octanol–water partition coefficient (Wildman–Crippen LogP) is 4.39. The van der Waals surface area contributed by atoms with Gasteiger partial charge in [0, 0.05) is 5.56 Å². The predicted molar refractivity (Wildman–Crippen MR) is 82.5 cm³/mol. The molecule has 1 radical (unpaired) electrons. The molecule has 2 nitrogen and oxygen atoms in total. The monoisotopic (exact) mass is 261 g/mol. The molecule has 1 aromatic heterocycles. The standard InChI is InChI=1S/C18H17N2/c1-18(2,3)14-10-8-13(9-11-14)17-12-19-15-6-4-5-7-16(15)20-17/h4-11H,1-3H3. The number of benzene rings is 2. The van der Waals surface area contributed by atoms with Crippen molar-refractivity contribution in [3.8, 4) is 11.3 Å². The van der Waals surface area contributed by atoms with E-state index < -0.39 is 0 Å². The average Bonchev–Trinajstić information content (AvgIpc) is 2.46. The van der Waals surface area contributed by atoms with Crippen LogP contribution in [0.4, 0.5) is 0 Å². The molecule has 0 spiro atoms. The highest BCUT2D eigenvalue weighted by Gasteiger charge is 2.13. The molecule has 3 rings (SSSR count). The zero-order valence-corrected chi connectivity index (χ0v) is 12.0. The Balaban J connectivity index is 2.02. The molecule has 0 amide bonds. The third-order valence-electron chi connectivity index (χ3n) is 3.42. The minimum atomic E-state index is 0.164. The van der Waals surface area contributed by atoms with E-state index in [9.17, 15) is 0 Å². The van der Waals surface area contributed by atoms with Crippen LogP contribution in [0.3, 0.4) is 0 Å². The summed E-state index contributed by atoms with van der Waals surface area (Å²) in [6, 6.07) is 16.4. The van der Waals surface area contributed by atoms with Gasteiger partial charge in [0.25, 0.3) is 0 Å². The SMILES string of the molecule is CC(C)(C)c1ccc(-c2[c]nc3ccccc3n2)cc1. The Kier molecular flexibility index (Phi) is 3.01. The zero-order chi connectivity index (χ0) is 14.2. The van der Waals surface area contributed by atoms with E-state index in [0.717, 1.165) is 22.3 Å². The molecule has 2 aromatic carbocycles. The van der Waals surface area contributed by atoms with Crippen LogP contribution in [0.5, 0.6) is 0 Å². The van der Waals surface area contributed by atoms with Gasteiger partial charge in [-0.2, -0.15) is 0 Å². The molecule has 0 atom stereocenters. The molecule has 0 bridgehead atoms. The maximum Gasteiger partial charge on any atom is 0.118 e. The van der Waals surface area contributed by atoms with Crippen molar-refractivity contribution in [3.05, 3.63) is 60.3 Å². The molecule has 20 heavy (non-hydrogen) atoms. The molecule has 1 heterocycles. The second-order valence-electron chi connectivity index (χ2n) is 6.00. The minimum Gasteiger partial charge on any atom is -0.244 e. The van der Waals surface area contributed by atoms with Gasteiger partial charge in [0.15, 0.2) is 0 Å². The second-order valence-corrected chi connectivity index (χ2v) is 6.00. The molecular weight excluding hydrogens is 244 g/mol. The Morgan fingerprint density at radius 3 is 2.15 bits per heavy atom. The molecule has 0 aliphatic rings. The molecule has 2 heteroatoms. The third-order valence-corrected chi connectivity index (χ3v) is 3.42. The van der Waals surface area contributed by atoms with Crippen molar-refractivity contribution in [2.24, 2.45) is 0 Å². The topological polar surface area (TPSA) is 25.8 Å². The van der Waals surface area contributed by atoms with Crippen molar-refractivity contribution in [1.82, 2.24) is 9.97 Å². The van der Waals surface area contributed by atoms with Crippen LogP contribution in [0, 0.1) is 6.20 Å². The number of aromatic nitrogens is 2. The van der Waals surface area contributed by atoms with Crippen LogP contribution in [0.15, 0.2) is 48.5 Å². The summed E-state index contributed by atoms with van der Waals surface area (Å²) in [5.41, 5.74) is 5.11. The number of nitrogens with zero attached hydrogens (tertiary/aromatic N) is 2. The van der Waals surface area contributed by atoms with E-state index in [1.165, 1.54) is 5.56 Å². The third kappa shape index (κ3) is 2.42. The van der Waals surface area contributed by atoms with Gasteiger partial charge >= 0.3 is 0 Å². The summed E-state index contributed by atoms with van der Waals surface area (Å²) in [4.78, 5) is 8.96. The Hall–Kier alpha value is -2.22. The number of para-hydroxylation sites is 2. The van der Waals surface area contributed by atoms with Crippen LogP contribution in [0.25, 0.3) is 22.3 Å². The Bertz CT molecular complexity index is 737. The van der Waals surface area contributed by atoms with Gasteiger partial charge in [-0.05, 0) is 23.1 Å². The van der Waals surface area contributed by atoms with E-state index in [2.05, 4.69) is 61.2 Å². The highest BCUT2D eigenvalue weighted by Crippen LogP contribution is 2.25. The number of fused-ring (bicyclic) bond motifs is 1. The van der Waals surface area contributed by atoms with Crippen LogP contribution in [-0.4, -0.2) is 9.97 Å². The molecule has 0 unspecified atom stereocenters. The summed E-state index contributed by atoms with van der Waals surface area (Å²) < 4.78 is 0. The highest BCUT2D eigenvalue weighted by molar-refractivity contribution is 5.76. The first kappa shape index (κ1) is 12.8. The van der Waals surface area contributed by atoms with E-state index in [0.29, 0.717) is 0 Å². The van der Waals surface area contributed by atoms with Crippen LogP contribution in [-0.2, 0) is 5.41 Å². The first-order valence-electron chi connectivity index (χ1n) is 6.79. The van der Waals surface area contributed by atoms with E-state index in [4.69, 9.17) is 0 Å². The van der Waals surface area contributed by atoms with Gasteiger partial charge in [0.05, 0.1) is 16.7 Å². The van der Waals surface area contributed by atoms with Crippen molar-refractivity contribution in [2.75, 3.05) is 0 Å². The first-order chi connectivity index (χ1) is 9.54. The molecule has 0 saturated carbocycles. The molecule has 0 saturated heterocycles. The van der Waals surface area contributed by atoms with Gasteiger partial charge in [-0.3, -0.25) is 0 Å². The lowest BCUT2D eigenvalue weighted by Crippen LogP contribution is -2.10. The van der Waals surface area contributed by atoms with Gasteiger partial charge in [-0.25, -0.2) is 9.97 Å². The van der Waals surface area contributed by atoms with E-state index in [1.807, 2.05) is 24.3 Å². The summed E-state index contributed by atoms with van der Waals surface area (Å²) in [5.74, 6) is 0. The summed E-state index contributed by atoms with van der Waals surface area (Å²) >= 11 is 0. The van der Waals surface area contributed by atoms with Crippen molar-refractivity contribution in [2.45, 2.75) is 26.2 Å². The number of hydrogen-bond acceptors (Lipinski definition) is 2. The average molecular weight is 261 g/mol. The number of hydrogen-bond donors (Lipinski definition) is 0. The van der Waals surface area contributed by atoms with E-state index in [1.54, 1.807) is 0 Å². The van der Waals surface area contributed by atoms with Crippen molar-refractivity contribution >= 4 is 11.0 Å². The van der Waals surface area contributed by atoms with Gasteiger partial charge in [-0.15, -0.1) is 0 Å². The lowest BCUT2D eigenvalue weighted by atomic mass is 9.86. The second kappa shape index (κ2) is 4.71. The summed E-state index contributed by atoms with van der Waals surface area (Å²) in [6.07, 6.45) is 3.02. The van der Waals surface area contributed by atoms with Crippen molar-refractivity contribution < 1.29 is 0 Å². The normalized spacial score (nSPS) is 11.8. The Labute approximate surface area is 119 Å². The summed E-state index contributed by atoms with van der Waals surface area (Å²) in [6.45, 7) is 6.64. The lowest BCUT2D eigenvalue weighted by Gasteiger charge is -2.19.